The third-order valence-electron chi connectivity index (χ3n) is 6.14. The number of Topliss-reactive ketones (excluding diaryl/α,β-unsaturated/α-hetero) is 1. The quantitative estimate of drug-likeness (QED) is 0.761. The van der Waals surface area contributed by atoms with Crippen LogP contribution in [0.3, 0.4) is 0 Å². The fourth-order valence-corrected chi connectivity index (χ4v) is 4.75. The van der Waals surface area contributed by atoms with Gasteiger partial charge in [-0.15, -0.1) is 0 Å². The monoisotopic (exact) mass is 429 g/mol. The number of carbonyl (C=O) groups excluding carboxylic acids is 1. The number of hydrogen-bond donors (Lipinski definition) is 1. The van der Waals surface area contributed by atoms with Gasteiger partial charge in [-0.05, 0) is 41.7 Å². The highest BCUT2D eigenvalue weighted by atomic mass is 16.5. The fraction of sp³-hybridized carbons (Fsp3) is 0.308. The first-order chi connectivity index (χ1) is 15.3. The minimum atomic E-state index is -0.557. The van der Waals surface area contributed by atoms with Crippen molar-refractivity contribution >= 4 is 11.5 Å². The van der Waals surface area contributed by atoms with Crippen molar-refractivity contribution in [1.82, 2.24) is 0 Å². The summed E-state index contributed by atoms with van der Waals surface area (Å²) in [5.41, 5.74) is 9.88. The lowest BCUT2D eigenvalue weighted by Crippen LogP contribution is -2.42. The predicted molar refractivity (Wildman–Crippen MR) is 123 cm³/mol. The number of nitrogens with zero attached hydrogens (tertiary/aromatic N) is 2. The van der Waals surface area contributed by atoms with Crippen molar-refractivity contribution in [1.29, 1.82) is 5.26 Å². The van der Waals surface area contributed by atoms with Gasteiger partial charge in [0.1, 0.15) is 5.82 Å². The normalized spacial score (nSPS) is 20.0. The van der Waals surface area contributed by atoms with Gasteiger partial charge in [-0.3, -0.25) is 9.69 Å². The number of allylic oxidation sites excluding steroid dienone is 3. The first-order valence-electron chi connectivity index (χ1n) is 10.5. The molecule has 2 aromatic rings. The SMILES string of the molecule is COc1ccc([C@@H]2C(C#N)=C(N)N(c3ccccc3)C3=C2C(=O)CC(C)(C)C3)cc1OC. The van der Waals surface area contributed by atoms with Crippen LogP contribution in [0.5, 0.6) is 11.5 Å². The van der Waals surface area contributed by atoms with Gasteiger partial charge in [0.2, 0.25) is 0 Å². The summed E-state index contributed by atoms with van der Waals surface area (Å²) in [5.74, 6) is 0.953. The van der Waals surface area contributed by atoms with E-state index in [1.165, 1.54) is 0 Å². The minimum absolute atomic E-state index is 0.0391. The van der Waals surface area contributed by atoms with E-state index in [-0.39, 0.29) is 11.2 Å². The van der Waals surface area contributed by atoms with Crippen molar-refractivity contribution in [3.8, 4) is 17.6 Å². The van der Waals surface area contributed by atoms with E-state index in [9.17, 15) is 10.1 Å². The molecule has 1 heterocycles. The summed E-state index contributed by atoms with van der Waals surface area (Å²) in [7, 11) is 3.13. The van der Waals surface area contributed by atoms with E-state index in [4.69, 9.17) is 15.2 Å². The lowest BCUT2D eigenvalue weighted by atomic mass is 9.68. The number of rotatable bonds is 4. The summed E-state index contributed by atoms with van der Waals surface area (Å²) >= 11 is 0. The molecular formula is C26H27N3O3. The van der Waals surface area contributed by atoms with Gasteiger partial charge in [0, 0.05) is 23.4 Å². The predicted octanol–water partition coefficient (Wildman–Crippen LogP) is 4.64. The van der Waals surface area contributed by atoms with E-state index < -0.39 is 5.92 Å². The van der Waals surface area contributed by atoms with Crippen molar-refractivity contribution < 1.29 is 14.3 Å². The Morgan fingerprint density at radius 3 is 2.38 bits per heavy atom. The number of ketones is 1. The summed E-state index contributed by atoms with van der Waals surface area (Å²) in [6.45, 7) is 4.17. The highest BCUT2D eigenvalue weighted by Gasteiger charge is 2.44. The largest absolute Gasteiger partial charge is 0.493 e. The number of hydrogen-bond acceptors (Lipinski definition) is 6. The first-order valence-corrected chi connectivity index (χ1v) is 10.5. The van der Waals surface area contributed by atoms with Crippen LogP contribution in [0.1, 0.15) is 38.2 Å². The van der Waals surface area contributed by atoms with Crippen LogP contribution in [0.15, 0.2) is 71.2 Å². The lowest BCUT2D eigenvalue weighted by Gasteiger charge is -2.43. The van der Waals surface area contributed by atoms with Crippen LogP contribution < -0.4 is 20.1 Å². The molecule has 0 saturated heterocycles. The molecule has 0 aromatic heterocycles. The smallest absolute Gasteiger partial charge is 0.162 e. The zero-order valence-corrected chi connectivity index (χ0v) is 18.8. The molecule has 0 unspecified atom stereocenters. The second-order valence-electron chi connectivity index (χ2n) is 8.93. The number of methoxy groups -OCH3 is 2. The van der Waals surface area contributed by atoms with E-state index >= 15 is 0 Å². The van der Waals surface area contributed by atoms with Gasteiger partial charge in [-0.2, -0.15) is 5.26 Å². The first kappa shape index (κ1) is 21.5. The van der Waals surface area contributed by atoms with Gasteiger partial charge in [0.05, 0.1) is 31.8 Å². The maximum absolute atomic E-state index is 13.5. The van der Waals surface area contributed by atoms with Crippen molar-refractivity contribution in [3.05, 3.63) is 76.8 Å². The van der Waals surface area contributed by atoms with Gasteiger partial charge in [0.15, 0.2) is 17.3 Å². The number of nitrogens with two attached hydrogens (primary N) is 1. The van der Waals surface area contributed by atoms with Crippen molar-refractivity contribution in [2.24, 2.45) is 11.1 Å². The molecule has 0 spiro atoms. The summed E-state index contributed by atoms with van der Waals surface area (Å²) in [5, 5.41) is 10.2. The molecule has 0 radical (unpaired) electrons. The molecule has 2 aromatic carbocycles. The molecule has 0 bridgehead atoms. The van der Waals surface area contributed by atoms with Crippen molar-refractivity contribution in [2.45, 2.75) is 32.6 Å². The van der Waals surface area contributed by atoms with Crippen LogP contribution in [0.25, 0.3) is 0 Å². The molecule has 0 fully saturated rings. The summed E-state index contributed by atoms with van der Waals surface area (Å²) < 4.78 is 10.9. The Morgan fingerprint density at radius 1 is 1.06 bits per heavy atom. The molecule has 32 heavy (non-hydrogen) atoms. The van der Waals surface area contributed by atoms with Gasteiger partial charge < -0.3 is 15.2 Å². The number of anilines is 1. The molecule has 1 atom stereocenters. The van der Waals surface area contributed by atoms with Gasteiger partial charge in [0.25, 0.3) is 0 Å². The van der Waals surface area contributed by atoms with Crippen LogP contribution in [0, 0.1) is 16.7 Å². The minimum Gasteiger partial charge on any atom is -0.493 e. The molecule has 6 heteroatoms. The molecule has 164 valence electrons. The number of nitriles is 1. The van der Waals surface area contributed by atoms with E-state index in [0.29, 0.717) is 41.3 Å². The molecule has 4 rings (SSSR count). The van der Waals surface area contributed by atoms with Crippen molar-refractivity contribution in [2.75, 3.05) is 19.1 Å². The molecule has 6 nitrogen and oxygen atoms in total. The number of ether oxygens (including phenoxy) is 2. The molecule has 0 amide bonds. The Kier molecular flexibility index (Phi) is 5.43. The van der Waals surface area contributed by atoms with E-state index in [1.807, 2.05) is 47.4 Å². The molecule has 2 N–H and O–H groups in total. The molecule has 2 aliphatic rings. The highest BCUT2D eigenvalue weighted by molar-refractivity contribution is 6.01. The number of para-hydroxylation sites is 1. The van der Waals surface area contributed by atoms with Crippen LogP contribution in [0.2, 0.25) is 0 Å². The Balaban J connectivity index is 1.99. The van der Waals surface area contributed by atoms with Crippen LogP contribution in [0.4, 0.5) is 5.69 Å². The van der Waals surface area contributed by atoms with Crippen LogP contribution in [-0.4, -0.2) is 20.0 Å². The molecule has 1 aliphatic heterocycles. The fourth-order valence-electron chi connectivity index (χ4n) is 4.75. The van der Waals surface area contributed by atoms with E-state index in [0.717, 1.165) is 16.9 Å². The Labute approximate surface area is 188 Å². The Morgan fingerprint density at radius 2 is 1.75 bits per heavy atom. The molecular weight excluding hydrogens is 402 g/mol. The zero-order chi connectivity index (χ0) is 23.0. The average Bonchev–Trinajstić information content (AvgIpc) is 2.77. The third kappa shape index (κ3) is 3.50. The number of benzene rings is 2. The Bertz CT molecular complexity index is 1170. The van der Waals surface area contributed by atoms with Gasteiger partial charge in [-0.1, -0.05) is 38.1 Å². The second-order valence-corrected chi connectivity index (χ2v) is 8.93. The highest BCUT2D eigenvalue weighted by Crippen LogP contribution is 2.50. The Hall–Kier alpha value is -3.72. The third-order valence-corrected chi connectivity index (χ3v) is 6.14. The summed E-state index contributed by atoms with van der Waals surface area (Å²) in [6, 6.07) is 17.4. The van der Waals surface area contributed by atoms with Gasteiger partial charge in [-0.25, -0.2) is 0 Å². The van der Waals surface area contributed by atoms with E-state index in [2.05, 4.69) is 19.9 Å². The van der Waals surface area contributed by atoms with Gasteiger partial charge >= 0.3 is 0 Å². The maximum Gasteiger partial charge on any atom is 0.162 e. The second kappa shape index (κ2) is 8.08. The van der Waals surface area contributed by atoms with Crippen LogP contribution in [-0.2, 0) is 4.79 Å². The average molecular weight is 430 g/mol. The standard InChI is InChI=1S/C26H27N3O3/c1-26(2)13-19-24(20(30)14-26)23(16-10-11-21(31-3)22(12-16)32-4)18(15-27)25(28)29(19)17-8-6-5-7-9-17/h5-12,23H,13-14,28H2,1-4H3/t23-/m1/s1. The zero-order valence-electron chi connectivity index (χ0n) is 18.8. The molecule has 0 saturated carbocycles. The number of carbonyl (C=O) groups is 1. The maximum atomic E-state index is 13.5. The summed E-state index contributed by atoms with van der Waals surface area (Å²) in [4.78, 5) is 15.4. The molecule has 1 aliphatic carbocycles. The van der Waals surface area contributed by atoms with E-state index in [1.54, 1.807) is 20.3 Å². The lowest BCUT2D eigenvalue weighted by molar-refractivity contribution is -0.118. The van der Waals surface area contributed by atoms with Crippen molar-refractivity contribution in [3.63, 3.8) is 0 Å². The summed E-state index contributed by atoms with van der Waals surface area (Å²) in [6.07, 6.45) is 1.09. The topological polar surface area (TPSA) is 88.6 Å². The van der Waals surface area contributed by atoms with Crippen LogP contribution >= 0.6 is 0 Å².